The van der Waals surface area contributed by atoms with Gasteiger partial charge >= 0.3 is 6.09 Å². The number of amides is 1. The molecular weight excluding hydrogens is 491 g/mol. The van der Waals surface area contributed by atoms with Crippen molar-refractivity contribution >= 4 is 27.4 Å². The molecule has 0 radical (unpaired) electrons. The SMILES string of the molecule is CCCCOC(=O)N1CCC(Oc2ncnc(Nc3ccc(S(=O)(=O)C4CC4)cc3F)c2OC)CC1. The van der Waals surface area contributed by atoms with Gasteiger partial charge in [0.25, 0.3) is 5.88 Å². The molecule has 1 aliphatic carbocycles. The molecule has 1 saturated heterocycles. The number of rotatable bonds is 10. The molecule has 12 heteroatoms. The Hall–Kier alpha value is -3.15. The number of hydrogen-bond acceptors (Lipinski definition) is 9. The third-order valence-corrected chi connectivity index (χ3v) is 8.42. The molecule has 4 rings (SSSR count). The summed E-state index contributed by atoms with van der Waals surface area (Å²) in [6.07, 6.45) is 4.93. The predicted octanol–water partition coefficient (Wildman–Crippen LogP) is 4.08. The quantitative estimate of drug-likeness (QED) is 0.460. The Morgan fingerprint density at radius 3 is 2.58 bits per heavy atom. The lowest BCUT2D eigenvalue weighted by molar-refractivity contribution is 0.0645. The summed E-state index contributed by atoms with van der Waals surface area (Å²) in [4.78, 5) is 22.1. The fourth-order valence-electron chi connectivity index (χ4n) is 3.90. The minimum Gasteiger partial charge on any atom is -0.489 e. The third kappa shape index (κ3) is 5.97. The van der Waals surface area contributed by atoms with Crippen LogP contribution in [-0.4, -0.2) is 67.5 Å². The van der Waals surface area contributed by atoms with Crippen LogP contribution in [0.15, 0.2) is 29.4 Å². The molecule has 0 spiro atoms. The second-order valence-electron chi connectivity index (χ2n) is 8.84. The van der Waals surface area contributed by atoms with Gasteiger partial charge in [-0.2, -0.15) is 4.98 Å². The van der Waals surface area contributed by atoms with Crippen molar-refractivity contribution in [3.63, 3.8) is 0 Å². The highest BCUT2D eigenvalue weighted by atomic mass is 32.2. The topological polar surface area (TPSA) is 120 Å². The minimum atomic E-state index is -3.50. The number of anilines is 2. The maximum absolute atomic E-state index is 14.8. The summed E-state index contributed by atoms with van der Waals surface area (Å²) in [6.45, 7) is 3.44. The molecule has 36 heavy (non-hydrogen) atoms. The van der Waals surface area contributed by atoms with Crippen LogP contribution in [0.3, 0.4) is 0 Å². The Bertz CT molecular complexity index is 1180. The van der Waals surface area contributed by atoms with E-state index in [0.29, 0.717) is 45.4 Å². The Labute approximate surface area is 210 Å². The van der Waals surface area contributed by atoms with E-state index in [4.69, 9.17) is 14.2 Å². The number of benzene rings is 1. The lowest BCUT2D eigenvalue weighted by atomic mass is 10.1. The molecule has 196 valence electrons. The van der Waals surface area contributed by atoms with Gasteiger partial charge in [-0.15, -0.1) is 0 Å². The van der Waals surface area contributed by atoms with Crippen LogP contribution in [0.1, 0.15) is 45.4 Å². The summed E-state index contributed by atoms with van der Waals surface area (Å²) in [6, 6.07) is 3.76. The van der Waals surface area contributed by atoms with Crippen LogP contribution >= 0.6 is 0 Å². The van der Waals surface area contributed by atoms with Gasteiger partial charge in [-0.3, -0.25) is 0 Å². The standard InChI is InChI=1S/C24H31FN4O6S/c1-3-4-13-34-24(30)29-11-9-16(10-12-29)35-23-21(33-2)22(26-15-27-23)28-20-8-7-18(14-19(20)25)36(31,32)17-5-6-17/h7-8,14-17H,3-6,9-13H2,1-2H3,(H,26,27,28). The Kier molecular flexibility index (Phi) is 8.12. The van der Waals surface area contributed by atoms with Gasteiger partial charge < -0.3 is 24.4 Å². The summed E-state index contributed by atoms with van der Waals surface area (Å²) in [5, 5.41) is 2.42. The second kappa shape index (κ2) is 11.3. The number of hydrogen-bond donors (Lipinski definition) is 1. The number of nitrogens with one attached hydrogen (secondary N) is 1. The molecule has 1 aliphatic heterocycles. The van der Waals surface area contributed by atoms with E-state index in [1.807, 2.05) is 6.92 Å². The lowest BCUT2D eigenvalue weighted by Gasteiger charge is -2.31. The van der Waals surface area contributed by atoms with Crippen LogP contribution in [0.2, 0.25) is 0 Å². The van der Waals surface area contributed by atoms with E-state index in [1.165, 1.54) is 25.6 Å². The summed E-state index contributed by atoms with van der Waals surface area (Å²) >= 11 is 0. The van der Waals surface area contributed by atoms with Crippen molar-refractivity contribution in [2.24, 2.45) is 0 Å². The summed E-state index contributed by atoms with van der Waals surface area (Å²) in [5.41, 5.74) is 0.0441. The van der Waals surface area contributed by atoms with Gasteiger partial charge in [0.1, 0.15) is 18.2 Å². The predicted molar refractivity (Wildman–Crippen MR) is 130 cm³/mol. The number of carbonyl (C=O) groups is 1. The molecule has 0 atom stereocenters. The fourth-order valence-corrected chi connectivity index (χ4v) is 5.56. The smallest absolute Gasteiger partial charge is 0.409 e. The number of methoxy groups -OCH3 is 1. The van der Waals surface area contributed by atoms with Gasteiger partial charge in [-0.05, 0) is 37.5 Å². The number of ether oxygens (including phenoxy) is 3. The third-order valence-electron chi connectivity index (χ3n) is 6.16. The van der Waals surface area contributed by atoms with E-state index in [2.05, 4.69) is 15.3 Å². The number of nitrogens with zero attached hydrogens (tertiary/aromatic N) is 3. The molecular formula is C24H31FN4O6S. The molecule has 2 fully saturated rings. The van der Waals surface area contributed by atoms with Crippen LogP contribution in [0.4, 0.5) is 20.7 Å². The van der Waals surface area contributed by atoms with Crippen LogP contribution < -0.4 is 14.8 Å². The molecule has 1 aromatic heterocycles. The van der Waals surface area contributed by atoms with Gasteiger partial charge in [-0.1, -0.05) is 13.3 Å². The second-order valence-corrected chi connectivity index (χ2v) is 11.1. The van der Waals surface area contributed by atoms with Gasteiger partial charge in [-0.25, -0.2) is 22.6 Å². The number of piperidine rings is 1. The zero-order valence-electron chi connectivity index (χ0n) is 20.4. The summed E-state index contributed by atoms with van der Waals surface area (Å²) in [7, 11) is -2.08. The summed E-state index contributed by atoms with van der Waals surface area (Å²) < 4.78 is 56.3. The molecule has 1 saturated carbocycles. The first-order valence-corrected chi connectivity index (χ1v) is 13.7. The zero-order valence-corrected chi connectivity index (χ0v) is 21.2. The number of halogens is 1. The van der Waals surface area contributed by atoms with Crippen LogP contribution in [0.25, 0.3) is 0 Å². The molecule has 1 aromatic carbocycles. The molecule has 0 bridgehead atoms. The molecule has 2 aliphatic rings. The highest BCUT2D eigenvalue weighted by Gasteiger charge is 2.37. The first kappa shape index (κ1) is 25.9. The van der Waals surface area contributed by atoms with Gasteiger partial charge in [0, 0.05) is 25.9 Å². The molecule has 2 aromatic rings. The Balaban J connectivity index is 1.40. The number of carbonyl (C=O) groups excluding carboxylic acids is 1. The highest BCUT2D eigenvalue weighted by molar-refractivity contribution is 7.92. The average Bonchev–Trinajstić information content (AvgIpc) is 3.72. The van der Waals surface area contributed by atoms with E-state index in [9.17, 15) is 17.6 Å². The van der Waals surface area contributed by atoms with E-state index >= 15 is 0 Å². The summed E-state index contributed by atoms with van der Waals surface area (Å²) in [5.74, 6) is -0.172. The maximum atomic E-state index is 14.8. The van der Waals surface area contributed by atoms with E-state index < -0.39 is 20.9 Å². The highest BCUT2D eigenvalue weighted by Crippen LogP contribution is 2.37. The van der Waals surface area contributed by atoms with Crippen molar-refractivity contribution < 1.29 is 31.8 Å². The van der Waals surface area contributed by atoms with Gasteiger partial charge in [0.2, 0.25) is 5.75 Å². The van der Waals surface area contributed by atoms with E-state index in [-0.39, 0.29) is 40.2 Å². The largest absolute Gasteiger partial charge is 0.489 e. The molecule has 2 heterocycles. The van der Waals surface area contributed by atoms with Crippen molar-refractivity contribution in [1.29, 1.82) is 0 Å². The van der Waals surface area contributed by atoms with Crippen LogP contribution in [-0.2, 0) is 14.6 Å². The monoisotopic (exact) mass is 522 g/mol. The first-order valence-electron chi connectivity index (χ1n) is 12.1. The van der Waals surface area contributed by atoms with Crippen LogP contribution in [0.5, 0.6) is 11.6 Å². The number of likely N-dealkylation sites (tertiary alicyclic amines) is 1. The molecule has 0 unspecified atom stereocenters. The van der Waals surface area contributed by atoms with E-state index in [0.717, 1.165) is 18.9 Å². The number of aromatic nitrogens is 2. The molecule has 1 amide bonds. The first-order chi connectivity index (χ1) is 17.3. The lowest BCUT2D eigenvalue weighted by Crippen LogP contribution is -2.42. The number of unbranched alkanes of at least 4 members (excludes halogenated alkanes) is 1. The van der Waals surface area contributed by atoms with Crippen molar-refractivity contribution in [2.45, 2.75) is 61.7 Å². The molecule has 1 N–H and O–H groups in total. The Morgan fingerprint density at radius 2 is 1.94 bits per heavy atom. The van der Waals surface area contributed by atoms with Crippen molar-refractivity contribution in [1.82, 2.24) is 14.9 Å². The number of sulfone groups is 1. The Morgan fingerprint density at radius 1 is 1.19 bits per heavy atom. The maximum Gasteiger partial charge on any atom is 0.409 e. The normalized spacial score (nSPS) is 16.5. The van der Waals surface area contributed by atoms with Crippen molar-refractivity contribution in [2.75, 3.05) is 32.1 Å². The zero-order chi connectivity index (χ0) is 25.7. The fraction of sp³-hybridized carbons (Fsp3) is 0.542. The van der Waals surface area contributed by atoms with Crippen molar-refractivity contribution in [3.05, 3.63) is 30.3 Å². The molecule has 10 nitrogen and oxygen atoms in total. The minimum absolute atomic E-state index is 0.0349. The van der Waals surface area contributed by atoms with E-state index in [1.54, 1.807) is 4.90 Å². The average molecular weight is 523 g/mol. The van der Waals surface area contributed by atoms with Crippen molar-refractivity contribution in [3.8, 4) is 11.6 Å². The van der Waals surface area contributed by atoms with Gasteiger partial charge in [0.05, 0.1) is 29.5 Å². The van der Waals surface area contributed by atoms with Crippen LogP contribution in [0, 0.1) is 5.82 Å². The van der Waals surface area contributed by atoms with Gasteiger partial charge in [0.15, 0.2) is 15.7 Å².